The van der Waals surface area contributed by atoms with Crippen LogP contribution in [0.3, 0.4) is 0 Å². The number of carbonyl (C=O) groups excluding carboxylic acids is 3. The largest absolute Gasteiger partial charge is 0.468 e. The van der Waals surface area contributed by atoms with Crippen molar-refractivity contribution in [2.24, 2.45) is 5.92 Å². The molecule has 4 atom stereocenters. The van der Waals surface area contributed by atoms with Crippen LogP contribution < -0.4 is 10.1 Å². The third-order valence-electron chi connectivity index (χ3n) is 6.51. The molecule has 2 amide bonds. The van der Waals surface area contributed by atoms with Gasteiger partial charge in [0.1, 0.15) is 18.6 Å². The van der Waals surface area contributed by atoms with E-state index in [2.05, 4.69) is 20.4 Å². The predicted molar refractivity (Wildman–Crippen MR) is 138 cm³/mol. The molecule has 0 bridgehead atoms. The van der Waals surface area contributed by atoms with Crippen molar-refractivity contribution in [3.8, 4) is 16.3 Å². The Bertz CT molecular complexity index is 1270. The van der Waals surface area contributed by atoms with Gasteiger partial charge in [-0.3, -0.25) is 19.4 Å². The third-order valence-corrected chi connectivity index (χ3v) is 7.48. The number of β-amino-alcohol motifs (C(OH)–C–C–N with tert-alkyl or cyclic N) is 1. The molecule has 38 heavy (non-hydrogen) atoms. The number of amides is 2. The Balaban J connectivity index is 1.46. The number of nitrogens with one attached hydrogen (secondary N) is 1. The monoisotopic (exact) mass is 541 g/mol. The smallest absolute Gasteiger partial charge is 0.254 e. The van der Waals surface area contributed by atoms with Gasteiger partial charge in [-0.1, -0.05) is 19.9 Å². The Morgan fingerprint density at radius 2 is 2.11 bits per heavy atom. The van der Waals surface area contributed by atoms with Crippen molar-refractivity contribution in [2.75, 3.05) is 13.2 Å². The first-order valence-corrected chi connectivity index (χ1v) is 13.3. The number of likely N-dealkylation sites (tertiary alicyclic amines) is 1. The van der Waals surface area contributed by atoms with E-state index in [1.54, 1.807) is 23.0 Å². The Labute approximate surface area is 224 Å². The molecular weight excluding hydrogens is 510 g/mol. The summed E-state index contributed by atoms with van der Waals surface area (Å²) in [5, 5.41) is 17.1. The Kier molecular flexibility index (Phi) is 8.52. The van der Waals surface area contributed by atoms with E-state index in [0.29, 0.717) is 12.0 Å². The van der Waals surface area contributed by atoms with Gasteiger partial charge in [0.25, 0.3) is 5.88 Å². The van der Waals surface area contributed by atoms with Gasteiger partial charge in [0.05, 0.1) is 33.9 Å². The van der Waals surface area contributed by atoms with Gasteiger partial charge in [-0.2, -0.15) is 0 Å². The van der Waals surface area contributed by atoms with Crippen molar-refractivity contribution in [3.05, 3.63) is 47.1 Å². The maximum absolute atomic E-state index is 13.6. The molecular formula is C26H31N5O6S. The SMILES string of the molecule is Cc1ncsc1-c1ccc([C@H](C)NC(=O)[C@@H]2C[C@@H](O)CN2C(=O)C(c2cc(OCC=O)no2)C(C)C)nc1. The normalized spacial score (nSPS) is 18.8. The number of rotatable bonds is 10. The molecule has 1 unspecified atom stereocenters. The number of aromatic nitrogens is 3. The van der Waals surface area contributed by atoms with Crippen molar-refractivity contribution >= 4 is 29.4 Å². The summed E-state index contributed by atoms with van der Waals surface area (Å²) in [4.78, 5) is 48.7. The van der Waals surface area contributed by atoms with E-state index < -0.39 is 24.1 Å². The quantitative estimate of drug-likeness (QED) is 0.370. The summed E-state index contributed by atoms with van der Waals surface area (Å²) in [5.41, 5.74) is 4.35. The van der Waals surface area contributed by atoms with Crippen LogP contribution in [-0.4, -0.2) is 68.5 Å². The molecule has 3 aromatic heterocycles. The van der Waals surface area contributed by atoms with Crippen LogP contribution in [0.15, 0.2) is 34.4 Å². The van der Waals surface area contributed by atoms with Gasteiger partial charge in [0.2, 0.25) is 11.8 Å². The van der Waals surface area contributed by atoms with Crippen LogP contribution in [0.4, 0.5) is 0 Å². The second-order valence-electron chi connectivity index (χ2n) is 9.63. The number of hydrogen-bond donors (Lipinski definition) is 2. The molecule has 0 aromatic carbocycles. The lowest BCUT2D eigenvalue weighted by molar-refractivity contribution is -0.141. The molecule has 0 radical (unpaired) electrons. The van der Waals surface area contributed by atoms with E-state index in [-0.39, 0.29) is 48.9 Å². The van der Waals surface area contributed by atoms with Gasteiger partial charge >= 0.3 is 0 Å². The van der Waals surface area contributed by atoms with Crippen LogP contribution in [0.2, 0.25) is 0 Å². The molecule has 202 valence electrons. The summed E-state index contributed by atoms with van der Waals surface area (Å²) in [7, 11) is 0. The van der Waals surface area contributed by atoms with Crippen LogP contribution in [0.1, 0.15) is 56.3 Å². The number of aliphatic hydroxyl groups is 1. The number of aldehydes is 1. The van der Waals surface area contributed by atoms with Crippen molar-refractivity contribution in [1.82, 2.24) is 25.3 Å². The number of carbonyl (C=O) groups is 3. The maximum Gasteiger partial charge on any atom is 0.254 e. The molecule has 4 heterocycles. The maximum atomic E-state index is 13.6. The Morgan fingerprint density at radius 1 is 1.32 bits per heavy atom. The molecule has 1 aliphatic heterocycles. The molecule has 12 heteroatoms. The average Bonchev–Trinajstić information content (AvgIpc) is 3.62. The van der Waals surface area contributed by atoms with Crippen molar-refractivity contribution in [3.63, 3.8) is 0 Å². The standard InChI is InChI=1S/C26H31N5O6S/c1-14(2)23(21-10-22(30-37-21)36-8-7-32)26(35)31-12-18(33)9-20(31)25(34)29-15(3)19-6-5-17(11-27-19)24-16(4)28-13-38-24/h5-7,10-11,13-15,18,20,23,33H,8-9,12H2,1-4H3,(H,29,34)/t15-,18+,20-,23?/m0/s1. The van der Waals surface area contributed by atoms with Gasteiger partial charge in [0, 0.05) is 30.8 Å². The van der Waals surface area contributed by atoms with Crippen LogP contribution in [0, 0.1) is 12.8 Å². The summed E-state index contributed by atoms with van der Waals surface area (Å²) >= 11 is 1.54. The highest BCUT2D eigenvalue weighted by atomic mass is 32.1. The zero-order valence-corrected chi connectivity index (χ0v) is 22.5. The molecule has 2 N–H and O–H groups in total. The molecule has 0 spiro atoms. The van der Waals surface area contributed by atoms with E-state index in [4.69, 9.17) is 9.26 Å². The minimum absolute atomic E-state index is 0.0261. The summed E-state index contributed by atoms with van der Waals surface area (Å²) in [5.74, 6) is -1.32. The molecule has 4 rings (SSSR count). The molecule has 11 nitrogen and oxygen atoms in total. The summed E-state index contributed by atoms with van der Waals surface area (Å²) in [6, 6.07) is 4.00. The number of aryl methyl sites for hydroxylation is 1. The lowest BCUT2D eigenvalue weighted by Crippen LogP contribution is -2.48. The molecule has 1 aliphatic rings. The average molecular weight is 542 g/mol. The highest BCUT2D eigenvalue weighted by Gasteiger charge is 2.43. The summed E-state index contributed by atoms with van der Waals surface area (Å²) in [6.07, 6.45) is 1.63. The minimum atomic E-state index is -0.853. The van der Waals surface area contributed by atoms with Gasteiger partial charge in [-0.15, -0.1) is 11.3 Å². The molecule has 0 saturated carbocycles. The van der Waals surface area contributed by atoms with E-state index in [1.165, 1.54) is 11.0 Å². The zero-order chi connectivity index (χ0) is 27.4. The number of nitrogens with zero attached hydrogens (tertiary/aromatic N) is 4. The molecule has 1 saturated heterocycles. The van der Waals surface area contributed by atoms with Crippen LogP contribution in [0.25, 0.3) is 10.4 Å². The van der Waals surface area contributed by atoms with Gasteiger partial charge in [-0.05, 0) is 31.0 Å². The van der Waals surface area contributed by atoms with Crippen molar-refractivity contribution in [1.29, 1.82) is 0 Å². The van der Waals surface area contributed by atoms with E-state index in [9.17, 15) is 19.5 Å². The lowest BCUT2D eigenvalue weighted by Gasteiger charge is -2.29. The van der Waals surface area contributed by atoms with E-state index >= 15 is 0 Å². The highest BCUT2D eigenvalue weighted by molar-refractivity contribution is 7.13. The van der Waals surface area contributed by atoms with Gasteiger partial charge in [-0.25, -0.2) is 4.98 Å². The zero-order valence-electron chi connectivity index (χ0n) is 21.7. The molecule has 3 aromatic rings. The third kappa shape index (κ3) is 5.91. The van der Waals surface area contributed by atoms with Crippen LogP contribution >= 0.6 is 11.3 Å². The molecule has 1 fully saturated rings. The van der Waals surface area contributed by atoms with Crippen molar-refractivity contribution in [2.45, 2.75) is 58.2 Å². The minimum Gasteiger partial charge on any atom is -0.468 e. The van der Waals surface area contributed by atoms with Crippen LogP contribution in [0.5, 0.6) is 5.88 Å². The highest BCUT2D eigenvalue weighted by Crippen LogP contribution is 2.33. The lowest BCUT2D eigenvalue weighted by atomic mass is 9.91. The fraction of sp³-hybridized carbons (Fsp3) is 0.462. The molecule has 0 aliphatic carbocycles. The number of thiazole rings is 1. The van der Waals surface area contributed by atoms with Gasteiger partial charge < -0.3 is 24.6 Å². The van der Waals surface area contributed by atoms with Crippen molar-refractivity contribution < 1.29 is 28.8 Å². The first-order valence-electron chi connectivity index (χ1n) is 12.4. The first-order chi connectivity index (χ1) is 18.2. The fourth-order valence-electron chi connectivity index (χ4n) is 4.58. The Hall–Kier alpha value is -3.64. The topological polar surface area (TPSA) is 148 Å². The predicted octanol–water partition coefficient (Wildman–Crippen LogP) is 2.66. The van der Waals surface area contributed by atoms with Gasteiger partial charge in [0.15, 0.2) is 12.0 Å². The number of hydrogen-bond acceptors (Lipinski definition) is 10. The van der Waals surface area contributed by atoms with E-state index in [0.717, 1.165) is 16.1 Å². The fourth-order valence-corrected chi connectivity index (χ4v) is 5.38. The second-order valence-corrected chi connectivity index (χ2v) is 10.5. The second kappa shape index (κ2) is 11.8. The number of ether oxygens (including phenoxy) is 1. The summed E-state index contributed by atoms with van der Waals surface area (Å²) in [6.45, 7) is 7.30. The number of pyridine rings is 1. The first kappa shape index (κ1) is 27.4. The van der Waals surface area contributed by atoms with E-state index in [1.807, 2.05) is 39.8 Å². The van der Waals surface area contributed by atoms with Crippen LogP contribution in [-0.2, 0) is 14.4 Å². The Morgan fingerprint density at radius 3 is 2.74 bits per heavy atom. The summed E-state index contributed by atoms with van der Waals surface area (Å²) < 4.78 is 10.5. The number of aliphatic hydroxyl groups excluding tert-OH is 1.